The summed E-state index contributed by atoms with van der Waals surface area (Å²) in [7, 11) is 1.70. The van der Waals surface area contributed by atoms with Crippen molar-refractivity contribution < 1.29 is 13.2 Å². The molecule has 0 aliphatic heterocycles. The van der Waals surface area contributed by atoms with Gasteiger partial charge in [0.2, 0.25) is 0 Å². The van der Waals surface area contributed by atoms with Crippen molar-refractivity contribution in [3.8, 4) is 11.5 Å². The van der Waals surface area contributed by atoms with Crippen LogP contribution in [0.1, 0.15) is 24.2 Å². The molecule has 0 saturated heterocycles. The number of anilines is 1. The van der Waals surface area contributed by atoms with Crippen molar-refractivity contribution in [2.75, 3.05) is 11.9 Å². The molecular weight excluding hydrogens is 431 g/mol. The van der Waals surface area contributed by atoms with E-state index in [0.29, 0.717) is 17.2 Å². The summed E-state index contributed by atoms with van der Waals surface area (Å²) in [6, 6.07) is 3.53. The molecule has 3 aromatic heterocycles. The second-order valence-corrected chi connectivity index (χ2v) is 7.13. The maximum atomic E-state index is 13.5. The maximum absolute atomic E-state index is 13.5. The lowest BCUT2D eigenvalue weighted by Crippen LogP contribution is -2.25. The van der Waals surface area contributed by atoms with Crippen LogP contribution in [0.2, 0.25) is 5.02 Å². The summed E-state index contributed by atoms with van der Waals surface area (Å²) >= 11 is 6.00. The molecule has 3 heterocycles. The maximum Gasteiger partial charge on any atom is 0.418 e. The van der Waals surface area contributed by atoms with Gasteiger partial charge in [-0.2, -0.15) is 13.2 Å². The summed E-state index contributed by atoms with van der Waals surface area (Å²) < 4.78 is 40.6. The van der Waals surface area contributed by atoms with Crippen LogP contribution in [-0.2, 0) is 6.18 Å². The van der Waals surface area contributed by atoms with E-state index in [2.05, 4.69) is 29.9 Å². The number of rotatable bonds is 4. The van der Waals surface area contributed by atoms with Crippen molar-refractivity contribution in [2.45, 2.75) is 19.1 Å². The summed E-state index contributed by atoms with van der Waals surface area (Å²) in [5, 5.41) is 0.118. The summed E-state index contributed by atoms with van der Waals surface area (Å²) in [6.07, 6.45) is 2.73. The Kier molecular flexibility index (Phi) is 5.40. The molecule has 0 bridgehead atoms. The van der Waals surface area contributed by atoms with E-state index in [4.69, 9.17) is 11.6 Å². The fourth-order valence-electron chi connectivity index (χ4n) is 3.23. The average Bonchev–Trinajstić information content (AvgIpc) is 2.77. The average molecular weight is 446 g/mol. The van der Waals surface area contributed by atoms with Crippen molar-refractivity contribution in [1.29, 1.82) is 0 Å². The number of hydrogen-bond donors (Lipinski definition) is 0. The van der Waals surface area contributed by atoms with E-state index in [1.54, 1.807) is 30.4 Å². The molecule has 1 unspecified atom stereocenters. The van der Waals surface area contributed by atoms with Crippen molar-refractivity contribution in [1.82, 2.24) is 29.9 Å². The Labute approximate surface area is 180 Å². The van der Waals surface area contributed by atoms with Crippen molar-refractivity contribution in [3.05, 3.63) is 65.6 Å². The largest absolute Gasteiger partial charge is 0.418 e. The number of halogens is 4. The van der Waals surface area contributed by atoms with Crippen molar-refractivity contribution in [3.63, 3.8) is 0 Å². The van der Waals surface area contributed by atoms with Gasteiger partial charge in [-0.05, 0) is 25.1 Å². The van der Waals surface area contributed by atoms with Crippen molar-refractivity contribution in [2.24, 2.45) is 0 Å². The molecule has 31 heavy (non-hydrogen) atoms. The molecule has 4 aromatic rings. The normalized spacial score (nSPS) is 12.7. The van der Waals surface area contributed by atoms with Gasteiger partial charge >= 0.3 is 6.18 Å². The van der Waals surface area contributed by atoms with E-state index in [9.17, 15) is 13.2 Å². The number of nitrogens with zero attached hydrogens (tertiary/aromatic N) is 7. The Balaban J connectivity index is 1.83. The van der Waals surface area contributed by atoms with Crippen LogP contribution in [-0.4, -0.2) is 37.0 Å². The zero-order valence-electron chi connectivity index (χ0n) is 16.3. The van der Waals surface area contributed by atoms with Crippen LogP contribution in [0.25, 0.3) is 22.4 Å². The fraction of sp³-hybridized carbons (Fsp3) is 0.200. The van der Waals surface area contributed by atoms with E-state index >= 15 is 0 Å². The number of hydrogen-bond acceptors (Lipinski definition) is 7. The van der Waals surface area contributed by atoms with Gasteiger partial charge in [-0.15, -0.1) is 0 Å². The van der Waals surface area contributed by atoms with Gasteiger partial charge in [-0.1, -0.05) is 11.6 Å². The molecule has 0 saturated carbocycles. The minimum absolute atomic E-state index is 0.0604. The van der Waals surface area contributed by atoms with Crippen LogP contribution in [0.3, 0.4) is 0 Å². The molecule has 0 fully saturated rings. The monoisotopic (exact) mass is 445 g/mol. The fourth-order valence-corrected chi connectivity index (χ4v) is 3.45. The highest BCUT2D eigenvalue weighted by Gasteiger charge is 2.35. The molecule has 1 aromatic carbocycles. The molecule has 0 radical (unpaired) electrons. The second kappa shape index (κ2) is 8.03. The highest BCUT2D eigenvalue weighted by Crippen LogP contribution is 2.39. The smallest absolute Gasteiger partial charge is 0.351 e. The van der Waals surface area contributed by atoms with E-state index in [1.165, 1.54) is 18.5 Å². The molecule has 0 spiro atoms. The highest BCUT2D eigenvalue weighted by molar-refractivity contribution is 6.31. The van der Waals surface area contributed by atoms with Gasteiger partial charge in [0.05, 0.1) is 22.8 Å². The number of benzene rings is 1. The predicted molar refractivity (Wildman–Crippen MR) is 109 cm³/mol. The summed E-state index contributed by atoms with van der Waals surface area (Å²) in [4.78, 5) is 27.0. The minimum Gasteiger partial charge on any atom is -0.351 e. The van der Waals surface area contributed by atoms with Gasteiger partial charge in [0, 0.05) is 42.2 Å². The predicted octanol–water partition coefficient (Wildman–Crippen LogP) is 4.75. The van der Waals surface area contributed by atoms with Crippen LogP contribution < -0.4 is 4.90 Å². The van der Waals surface area contributed by atoms with Gasteiger partial charge in [-0.3, -0.25) is 4.98 Å². The second-order valence-electron chi connectivity index (χ2n) is 6.69. The van der Waals surface area contributed by atoms with Gasteiger partial charge in [-0.25, -0.2) is 24.9 Å². The number of fused-ring (bicyclic) bond motifs is 1. The molecule has 1 atom stereocenters. The molecule has 11 heteroatoms. The van der Waals surface area contributed by atoms with Crippen LogP contribution in [0.15, 0.2) is 49.3 Å². The van der Waals surface area contributed by atoms with E-state index in [0.717, 1.165) is 12.4 Å². The summed E-state index contributed by atoms with van der Waals surface area (Å²) in [5.41, 5.74) is -0.139. The van der Waals surface area contributed by atoms with E-state index in [1.807, 2.05) is 6.92 Å². The Hall–Kier alpha value is -3.40. The minimum atomic E-state index is -4.61. The topological polar surface area (TPSA) is 80.6 Å². The first-order chi connectivity index (χ1) is 14.8. The third-order valence-corrected chi connectivity index (χ3v) is 5.02. The van der Waals surface area contributed by atoms with Gasteiger partial charge in [0.25, 0.3) is 0 Å². The molecule has 158 valence electrons. The number of aromatic nitrogens is 6. The Morgan fingerprint density at radius 1 is 0.935 bits per heavy atom. The third-order valence-electron chi connectivity index (χ3n) is 4.80. The van der Waals surface area contributed by atoms with Crippen molar-refractivity contribution >= 4 is 28.3 Å². The molecule has 0 aliphatic rings. The SMILES string of the molecule is CC(c1nccnc1-c1ncccn1)N(C)c1ncnc2c(C(F)(F)F)cc(Cl)cc12. The molecule has 7 nitrogen and oxygen atoms in total. The Bertz CT molecular complexity index is 1230. The molecule has 4 rings (SSSR count). The lowest BCUT2D eigenvalue weighted by molar-refractivity contribution is -0.136. The van der Waals surface area contributed by atoms with E-state index in [-0.39, 0.29) is 21.7 Å². The first kappa shape index (κ1) is 20.9. The van der Waals surface area contributed by atoms with Gasteiger partial charge in [0.1, 0.15) is 17.8 Å². The van der Waals surface area contributed by atoms with Crippen LogP contribution in [0, 0.1) is 0 Å². The van der Waals surface area contributed by atoms with Crippen LogP contribution >= 0.6 is 11.6 Å². The molecular formula is C20H15ClF3N7. The van der Waals surface area contributed by atoms with Gasteiger partial charge in [0.15, 0.2) is 5.82 Å². The zero-order valence-corrected chi connectivity index (χ0v) is 17.1. The van der Waals surface area contributed by atoms with E-state index < -0.39 is 17.8 Å². The summed E-state index contributed by atoms with van der Waals surface area (Å²) in [5.74, 6) is 0.664. The first-order valence-electron chi connectivity index (χ1n) is 9.10. The standard InChI is InChI=1S/C20H15ClF3N7/c1-11(15-17(26-7-6-25-15)18-27-4-3-5-28-18)31(2)19-13-8-12(21)9-14(20(22,23)24)16(13)29-10-30-19/h3-11H,1-2H3. The van der Waals surface area contributed by atoms with Gasteiger partial charge < -0.3 is 4.90 Å². The van der Waals surface area contributed by atoms with Crippen LogP contribution in [0.5, 0.6) is 0 Å². The first-order valence-corrected chi connectivity index (χ1v) is 9.47. The Morgan fingerprint density at radius 2 is 1.65 bits per heavy atom. The molecule has 0 amide bonds. The zero-order chi connectivity index (χ0) is 22.2. The number of alkyl halides is 3. The highest BCUT2D eigenvalue weighted by atomic mass is 35.5. The molecule has 0 N–H and O–H groups in total. The molecule has 0 aliphatic carbocycles. The Morgan fingerprint density at radius 3 is 2.35 bits per heavy atom. The lowest BCUT2D eigenvalue weighted by Gasteiger charge is -2.27. The lowest BCUT2D eigenvalue weighted by atomic mass is 10.1. The summed E-state index contributed by atoms with van der Waals surface area (Å²) in [6.45, 7) is 1.83. The third kappa shape index (κ3) is 3.98. The van der Waals surface area contributed by atoms with Crippen LogP contribution in [0.4, 0.5) is 19.0 Å². The quantitative estimate of drug-likeness (QED) is 0.448.